The predicted octanol–water partition coefficient (Wildman–Crippen LogP) is 1.98. The number of morpholine rings is 1. The van der Waals surface area contributed by atoms with Crippen molar-refractivity contribution in [2.75, 3.05) is 26.5 Å². The molecule has 1 fully saturated rings. The van der Waals surface area contributed by atoms with Gasteiger partial charge in [0.1, 0.15) is 5.82 Å². The molecule has 92 valence electrons. The maximum absolute atomic E-state index is 14.2. The number of hydrogen-bond donors (Lipinski definition) is 1. The Morgan fingerprint density at radius 2 is 2.29 bits per heavy atom. The minimum Gasteiger partial charge on any atom is -0.454 e. The van der Waals surface area contributed by atoms with Crippen molar-refractivity contribution in [3.05, 3.63) is 21.9 Å². The SMILES string of the molecule is Fc1c(C2CNCCO2)cc2c(c1Br)OCO2. The number of halogens is 2. The van der Waals surface area contributed by atoms with Gasteiger partial charge < -0.3 is 19.5 Å². The van der Waals surface area contributed by atoms with E-state index in [4.69, 9.17) is 14.2 Å². The Kier molecular flexibility index (Phi) is 2.94. The lowest BCUT2D eigenvalue weighted by Gasteiger charge is -2.24. The fraction of sp³-hybridized carbons (Fsp3) is 0.455. The molecule has 0 spiro atoms. The van der Waals surface area contributed by atoms with Gasteiger partial charge in [0.05, 0.1) is 17.2 Å². The first-order valence-corrected chi connectivity index (χ1v) is 6.16. The molecule has 17 heavy (non-hydrogen) atoms. The summed E-state index contributed by atoms with van der Waals surface area (Å²) in [4.78, 5) is 0. The zero-order valence-corrected chi connectivity index (χ0v) is 10.5. The molecule has 1 unspecified atom stereocenters. The highest BCUT2D eigenvalue weighted by Crippen LogP contribution is 2.43. The van der Waals surface area contributed by atoms with Gasteiger partial charge in [-0.3, -0.25) is 0 Å². The van der Waals surface area contributed by atoms with Crippen molar-refractivity contribution in [1.29, 1.82) is 0 Å². The molecule has 1 atom stereocenters. The summed E-state index contributed by atoms with van der Waals surface area (Å²) in [6.45, 7) is 2.10. The van der Waals surface area contributed by atoms with Gasteiger partial charge in [0.25, 0.3) is 0 Å². The summed E-state index contributed by atoms with van der Waals surface area (Å²) < 4.78 is 30.5. The van der Waals surface area contributed by atoms with E-state index in [1.54, 1.807) is 6.07 Å². The number of benzene rings is 1. The van der Waals surface area contributed by atoms with Crippen LogP contribution >= 0.6 is 15.9 Å². The highest BCUT2D eigenvalue weighted by Gasteiger charge is 2.28. The second-order valence-electron chi connectivity index (χ2n) is 3.89. The number of fused-ring (bicyclic) bond motifs is 1. The Bertz CT molecular complexity index is 449. The smallest absolute Gasteiger partial charge is 0.231 e. The van der Waals surface area contributed by atoms with Crippen molar-refractivity contribution >= 4 is 15.9 Å². The van der Waals surface area contributed by atoms with E-state index in [1.807, 2.05) is 0 Å². The van der Waals surface area contributed by atoms with Crippen LogP contribution in [0.4, 0.5) is 4.39 Å². The minimum atomic E-state index is -0.344. The summed E-state index contributed by atoms with van der Waals surface area (Å²) in [7, 11) is 0. The van der Waals surface area contributed by atoms with Crippen molar-refractivity contribution < 1.29 is 18.6 Å². The number of ether oxygens (including phenoxy) is 3. The molecule has 0 aliphatic carbocycles. The molecular weight excluding hydrogens is 293 g/mol. The Balaban J connectivity index is 2.01. The molecule has 3 rings (SSSR count). The lowest BCUT2D eigenvalue weighted by atomic mass is 10.1. The Labute approximate surface area is 106 Å². The lowest BCUT2D eigenvalue weighted by Crippen LogP contribution is -2.33. The average Bonchev–Trinajstić information content (AvgIpc) is 2.83. The molecule has 1 saturated heterocycles. The summed E-state index contributed by atoms with van der Waals surface area (Å²) in [5.41, 5.74) is 0.494. The van der Waals surface area contributed by atoms with Crippen LogP contribution in [-0.2, 0) is 4.74 Å². The van der Waals surface area contributed by atoms with Crippen LogP contribution in [0.2, 0.25) is 0 Å². The first-order chi connectivity index (χ1) is 8.27. The summed E-state index contributed by atoms with van der Waals surface area (Å²) in [6.07, 6.45) is -0.283. The van der Waals surface area contributed by atoms with Gasteiger partial charge >= 0.3 is 0 Å². The van der Waals surface area contributed by atoms with E-state index in [0.717, 1.165) is 6.54 Å². The second-order valence-corrected chi connectivity index (χ2v) is 4.68. The molecule has 0 aromatic heterocycles. The summed E-state index contributed by atoms with van der Waals surface area (Å²) in [6, 6.07) is 1.65. The van der Waals surface area contributed by atoms with Crippen molar-refractivity contribution in [3.8, 4) is 11.5 Å². The molecule has 0 amide bonds. The molecule has 0 saturated carbocycles. The highest BCUT2D eigenvalue weighted by molar-refractivity contribution is 9.10. The maximum Gasteiger partial charge on any atom is 0.231 e. The van der Waals surface area contributed by atoms with Gasteiger partial charge in [0.2, 0.25) is 6.79 Å². The first-order valence-electron chi connectivity index (χ1n) is 5.37. The molecule has 1 aromatic carbocycles. The van der Waals surface area contributed by atoms with Crippen molar-refractivity contribution in [2.24, 2.45) is 0 Å². The third-order valence-electron chi connectivity index (χ3n) is 2.85. The van der Waals surface area contributed by atoms with Crippen LogP contribution in [-0.4, -0.2) is 26.5 Å². The maximum atomic E-state index is 14.2. The van der Waals surface area contributed by atoms with Crippen LogP contribution < -0.4 is 14.8 Å². The van der Waals surface area contributed by atoms with Gasteiger partial charge in [0.15, 0.2) is 11.5 Å². The minimum absolute atomic E-state index is 0.126. The monoisotopic (exact) mass is 303 g/mol. The van der Waals surface area contributed by atoms with Crippen LogP contribution in [0.1, 0.15) is 11.7 Å². The van der Waals surface area contributed by atoms with E-state index in [-0.39, 0.29) is 18.7 Å². The number of nitrogens with one attached hydrogen (secondary N) is 1. The van der Waals surface area contributed by atoms with Gasteiger partial charge in [0, 0.05) is 18.7 Å². The molecule has 2 aliphatic rings. The second kappa shape index (κ2) is 4.44. The van der Waals surface area contributed by atoms with Crippen LogP contribution in [0, 0.1) is 5.82 Å². The molecule has 6 heteroatoms. The van der Waals surface area contributed by atoms with Gasteiger partial charge in [-0.2, -0.15) is 0 Å². The quantitative estimate of drug-likeness (QED) is 0.861. The van der Waals surface area contributed by atoms with Gasteiger partial charge in [-0.15, -0.1) is 0 Å². The highest BCUT2D eigenvalue weighted by atomic mass is 79.9. The van der Waals surface area contributed by atoms with Gasteiger partial charge in [-0.25, -0.2) is 4.39 Å². The van der Waals surface area contributed by atoms with Crippen LogP contribution in [0.3, 0.4) is 0 Å². The molecule has 0 bridgehead atoms. The molecule has 1 N–H and O–H groups in total. The molecule has 0 radical (unpaired) electrons. The van der Waals surface area contributed by atoms with Crippen molar-refractivity contribution in [1.82, 2.24) is 5.32 Å². The fourth-order valence-electron chi connectivity index (χ4n) is 2.00. The van der Waals surface area contributed by atoms with E-state index in [0.29, 0.717) is 34.7 Å². The number of hydrogen-bond acceptors (Lipinski definition) is 4. The van der Waals surface area contributed by atoms with Gasteiger partial charge in [-0.1, -0.05) is 0 Å². The fourth-order valence-corrected chi connectivity index (χ4v) is 2.54. The zero-order chi connectivity index (χ0) is 11.8. The summed E-state index contributed by atoms with van der Waals surface area (Å²) in [5, 5.41) is 3.17. The number of rotatable bonds is 1. The Morgan fingerprint density at radius 3 is 3.06 bits per heavy atom. The Hall–Kier alpha value is -0.850. The van der Waals surface area contributed by atoms with E-state index in [1.165, 1.54) is 0 Å². The predicted molar refractivity (Wildman–Crippen MR) is 61.8 cm³/mol. The van der Waals surface area contributed by atoms with E-state index < -0.39 is 0 Å². The first kappa shape index (κ1) is 11.3. The zero-order valence-electron chi connectivity index (χ0n) is 8.96. The standard InChI is InChI=1S/C11H11BrFNO3/c12-9-10(13)6(8-4-14-1-2-15-8)3-7-11(9)17-5-16-7/h3,8,14H,1-2,4-5H2. The van der Waals surface area contributed by atoms with Crippen molar-refractivity contribution in [2.45, 2.75) is 6.10 Å². The third-order valence-corrected chi connectivity index (χ3v) is 3.56. The van der Waals surface area contributed by atoms with Crippen LogP contribution in [0.5, 0.6) is 11.5 Å². The molecule has 4 nitrogen and oxygen atoms in total. The van der Waals surface area contributed by atoms with Crippen molar-refractivity contribution in [3.63, 3.8) is 0 Å². The molecule has 1 aromatic rings. The summed E-state index contributed by atoms with van der Waals surface area (Å²) in [5.74, 6) is 0.639. The normalized spacial score (nSPS) is 22.8. The summed E-state index contributed by atoms with van der Waals surface area (Å²) >= 11 is 3.19. The van der Waals surface area contributed by atoms with E-state index >= 15 is 0 Å². The third kappa shape index (κ3) is 1.90. The molecule has 2 heterocycles. The van der Waals surface area contributed by atoms with Crippen LogP contribution in [0.15, 0.2) is 10.5 Å². The molecule has 2 aliphatic heterocycles. The molecular formula is C11H11BrFNO3. The Morgan fingerprint density at radius 1 is 1.41 bits per heavy atom. The van der Waals surface area contributed by atoms with E-state index in [2.05, 4.69) is 21.2 Å². The van der Waals surface area contributed by atoms with E-state index in [9.17, 15) is 4.39 Å². The lowest BCUT2D eigenvalue weighted by molar-refractivity contribution is 0.0253. The average molecular weight is 304 g/mol. The van der Waals surface area contributed by atoms with Crippen LogP contribution in [0.25, 0.3) is 0 Å². The van der Waals surface area contributed by atoms with Gasteiger partial charge in [-0.05, 0) is 22.0 Å². The largest absolute Gasteiger partial charge is 0.454 e. The topological polar surface area (TPSA) is 39.7 Å².